The molecule has 2 aromatic rings. The minimum absolute atomic E-state index is 0.467. The normalized spacial score (nSPS) is 11.6. The summed E-state index contributed by atoms with van der Waals surface area (Å²) in [5.74, 6) is 0. The van der Waals surface area contributed by atoms with Crippen LogP contribution in [0, 0.1) is 0 Å². The lowest BCUT2D eigenvalue weighted by atomic mass is 10.1. The summed E-state index contributed by atoms with van der Waals surface area (Å²) in [5, 5.41) is 3.72. The van der Waals surface area contributed by atoms with Gasteiger partial charge in [0.1, 0.15) is 12.7 Å². The van der Waals surface area contributed by atoms with Crippen LogP contribution < -0.4 is 0 Å². The van der Waals surface area contributed by atoms with Gasteiger partial charge in [0.15, 0.2) is 0 Å². The maximum atomic E-state index is 12.3. The fraction of sp³-hybridized carbons (Fsp3) is 0.312. The molecule has 0 aliphatic carbocycles. The van der Waals surface area contributed by atoms with Crippen LogP contribution in [0.1, 0.15) is 26.5 Å². The molecule has 2 aromatic heterocycles. The van der Waals surface area contributed by atoms with Crippen molar-refractivity contribution >= 4 is 12.3 Å². The van der Waals surface area contributed by atoms with Gasteiger partial charge in [0, 0.05) is 24.2 Å². The number of ether oxygens (including phenoxy) is 1. The van der Waals surface area contributed by atoms with Crippen molar-refractivity contribution in [2.24, 2.45) is 5.16 Å². The number of hydrogen-bond donors (Lipinski definition) is 0. The molecule has 0 saturated carbocycles. The smallest absolute Gasteiger partial charge is 0.419 e. The third kappa shape index (κ3) is 3.94. The van der Waals surface area contributed by atoms with E-state index in [0.717, 1.165) is 11.1 Å². The predicted octanol–water partition coefficient (Wildman–Crippen LogP) is 3.31. The van der Waals surface area contributed by atoms with Gasteiger partial charge in [0.2, 0.25) is 0 Å². The molecule has 2 heterocycles. The number of rotatable bonds is 3. The Morgan fingerprint density at radius 2 is 1.95 bits per heavy atom. The van der Waals surface area contributed by atoms with Crippen LogP contribution in [0.2, 0.25) is 0 Å². The first-order chi connectivity index (χ1) is 10.4. The molecule has 0 spiro atoms. The van der Waals surface area contributed by atoms with Crippen LogP contribution in [0.3, 0.4) is 0 Å². The van der Waals surface area contributed by atoms with Crippen molar-refractivity contribution in [3.8, 4) is 11.1 Å². The highest BCUT2D eigenvalue weighted by atomic mass is 16.6. The molecule has 0 fully saturated rings. The first-order valence-electron chi connectivity index (χ1n) is 6.83. The lowest BCUT2D eigenvalue weighted by molar-refractivity contribution is 0.0537. The molecule has 6 nitrogen and oxygen atoms in total. The Balaban J connectivity index is 2.41. The summed E-state index contributed by atoms with van der Waals surface area (Å²) >= 11 is 0. The van der Waals surface area contributed by atoms with Crippen molar-refractivity contribution in [3.05, 3.63) is 42.5 Å². The van der Waals surface area contributed by atoms with E-state index >= 15 is 0 Å². The molecule has 116 valence electrons. The number of nitrogens with zero attached hydrogens (tertiary/aromatic N) is 3. The van der Waals surface area contributed by atoms with Gasteiger partial charge >= 0.3 is 6.09 Å². The van der Waals surface area contributed by atoms with Gasteiger partial charge in [0.05, 0.1) is 11.9 Å². The number of hydrogen-bond acceptors (Lipinski definition) is 5. The average Bonchev–Trinajstić information content (AvgIpc) is 2.88. The zero-order valence-corrected chi connectivity index (χ0v) is 13.1. The molecule has 0 aliphatic rings. The van der Waals surface area contributed by atoms with E-state index in [1.54, 1.807) is 18.6 Å². The average molecular weight is 301 g/mol. The maximum Gasteiger partial charge on any atom is 0.419 e. The highest BCUT2D eigenvalue weighted by Gasteiger charge is 2.20. The predicted molar refractivity (Wildman–Crippen MR) is 83.9 cm³/mol. The Morgan fingerprint density at radius 3 is 2.55 bits per heavy atom. The molecule has 0 saturated heterocycles. The summed E-state index contributed by atoms with van der Waals surface area (Å²) in [6, 6.07) is 5.57. The lowest BCUT2D eigenvalue weighted by Gasteiger charge is -2.19. The molecule has 0 unspecified atom stereocenters. The number of pyridine rings is 1. The molecule has 22 heavy (non-hydrogen) atoms. The van der Waals surface area contributed by atoms with Gasteiger partial charge in [-0.15, -0.1) is 0 Å². The Hall–Kier alpha value is -2.63. The van der Waals surface area contributed by atoms with Crippen LogP contribution in [0.5, 0.6) is 0 Å². The van der Waals surface area contributed by atoms with E-state index < -0.39 is 11.7 Å². The van der Waals surface area contributed by atoms with Crippen LogP contribution in [-0.4, -0.2) is 34.6 Å². The molecule has 0 atom stereocenters. The van der Waals surface area contributed by atoms with Gasteiger partial charge in [-0.25, -0.2) is 4.79 Å². The van der Waals surface area contributed by atoms with Crippen LogP contribution in [0.25, 0.3) is 11.1 Å². The molecular formula is C16H19N3O3. The number of aromatic nitrogens is 2. The van der Waals surface area contributed by atoms with Crippen LogP contribution >= 0.6 is 0 Å². The molecule has 6 heteroatoms. The van der Waals surface area contributed by atoms with Crippen molar-refractivity contribution in [3.63, 3.8) is 0 Å². The third-order valence-corrected chi connectivity index (χ3v) is 2.74. The molecule has 2 rings (SSSR count). The zero-order valence-electron chi connectivity index (χ0n) is 13.1. The summed E-state index contributed by atoms with van der Waals surface area (Å²) in [6.45, 7) is 5.46. The quantitative estimate of drug-likeness (QED) is 0.644. The minimum atomic E-state index is -0.576. The van der Waals surface area contributed by atoms with Crippen LogP contribution in [0.4, 0.5) is 4.79 Å². The second-order valence-electron chi connectivity index (χ2n) is 5.66. The first-order valence-corrected chi connectivity index (χ1v) is 6.83. The summed E-state index contributed by atoms with van der Waals surface area (Å²) in [6.07, 6.45) is 6.10. The number of carbonyl (C=O) groups is 1. The molecule has 0 radical (unpaired) electrons. The molecule has 0 amide bonds. The number of carbonyl (C=O) groups excluding carboxylic acids is 1. The van der Waals surface area contributed by atoms with E-state index in [2.05, 4.69) is 10.1 Å². The van der Waals surface area contributed by atoms with Crippen LogP contribution in [0.15, 0.2) is 41.9 Å². The van der Waals surface area contributed by atoms with Gasteiger partial charge in [-0.05, 0) is 44.5 Å². The molecule has 0 N–H and O–H groups in total. The van der Waals surface area contributed by atoms with Crippen molar-refractivity contribution < 1.29 is 14.4 Å². The fourth-order valence-electron chi connectivity index (χ4n) is 1.86. The number of oxime groups is 1. The molecule has 0 bridgehead atoms. The van der Waals surface area contributed by atoms with Crippen molar-refractivity contribution in [2.45, 2.75) is 26.4 Å². The van der Waals surface area contributed by atoms with Crippen LogP contribution in [-0.2, 0) is 9.57 Å². The van der Waals surface area contributed by atoms with Crippen molar-refractivity contribution in [1.29, 1.82) is 0 Å². The third-order valence-electron chi connectivity index (χ3n) is 2.74. The minimum Gasteiger partial charge on any atom is -0.443 e. The Kier molecular flexibility index (Phi) is 4.60. The Bertz CT molecular complexity index is 670. The van der Waals surface area contributed by atoms with E-state index in [1.165, 1.54) is 17.9 Å². The SMILES string of the molecule is CO/N=C/c1cc(-c2ccncc2)cn1C(=O)OC(C)(C)C. The highest BCUT2D eigenvalue weighted by molar-refractivity contribution is 5.88. The maximum absolute atomic E-state index is 12.3. The van der Waals surface area contributed by atoms with E-state index in [9.17, 15) is 4.79 Å². The zero-order chi connectivity index (χ0) is 16.2. The second-order valence-corrected chi connectivity index (χ2v) is 5.66. The fourth-order valence-corrected chi connectivity index (χ4v) is 1.86. The standard InChI is InChI=1S/C16H19N3O3/c1-16(2,3)22-15(20)19-11-13(9-14(19)10-18-21-4)12-5-7-17-8-6-12/h5-11H,1-4H3/b18-10+. The monoisotopic (exact) mass is 301 g/mol. The van der Waals surface area contributed by atoms with Gasteiger partial charge < -0.3 is 9.57 Å². The van der Waals surface area contributed by atoms with E-state index in [-0.39, 0.29) is 0 Å². The van der Waals surface area contributed by atoms with Gasteiger partial charge in [0.25, 0.3) is 0 Å². The Labute approximate surface area is 129 Å². The second kappa shape index (κ2) is 6.43. The molecule has 0 aromatic carbocycles. The Morgan fingerprint density at radius 1 is 1.27 bits per heavy atom. The van der Waals surface area contributed by atoms with Crippen molar-refractivity contribution in [2.75, 3.05) is 7.11 Å². The van der Waals surface area contributed by atoms with Crippen molar-refractivity contribution in [1.82, 2.24) is 9.55 Å². The largest absolute Gasteiger partial charge is 0.443 e. The summed E-state index contributed by atoms with van der Waals surface area (Å²) in [5.41, 5.74) is 1.81. The lowest BCUT2D eigenvalue weighted by Crippen LogP contribution is -2.27. The first kappa shape index (κ1) is 15.8. The van der Waals surface area contributed by atoms with E-state index in [4.69, 9.17) is 9.57 Å². The van der Waals surface area contributed by atoms with E-state index in [1.807, 2.05) is 39.0 Å². The molecule has 0 aliphatic heterocycles. The van der Waals surface area contributed by atoms with Gasteiger partial charge in [-0.3, -0.25) is 9.55 Å². The van der Waals surface area contributed by atoms with Gasteiger partial charge in [-0.2, -0.15) is 0 Å². The highest BCUT2D eigenvalue weighted by Crippen LogP contribution is 2.22. The van der Waals surface area contributed by atoms with E-state index in [0.29, 0.717) is 5.69 Å². The molecular weight excluding hydrogens is 282 g/mol. The van der Waals surface area contributed by atoms with Gasteiger partial charge in [-0.1, -0.05) is 5.16 Å². The summed E-state index contributed by atoms with van der Waals surface area (Å²) in [4.78, 5) is 21.0. The summed E-state index contributed by atoms with van der Waals surface area (Å²) in [7, 11) is 1.45. The topological polar surface area (TPSA) is 65.7 Å². The summed E-state index contributed by atoms with van der Waals surface area (Å²) < 4.78 is 6.81.